The molecule has 2 unspecified atom stereocenters. The molecule has 19 heavy (non-hydrogen) atoms. The molecular formula is C15H17BrFNO. The third kappa shape index (κ3) is 2.69. The first-order valence-corrected chi connectivity index (χ1v) is 7.62. The zero-order valence-corrected chi connectivity index (χ0v) is 12.3. The van der Waals surface area contributed by atoms with Gasteiger partial charge in [0.05, 0.1) is 6.42 Å². The monoisotopic (exact) mass is 325 g/mol. The average molecular weight is 326 g/mol. The Morgan fingerprint density at radius 2 is 1.79 bits per heavy atom. The number of nitrogens with zero attached hydrogens (tertiary/aromatic N) is 1. The standard InChI is InChI=1S/C15H17BrFNO/c16-11-3-1-10(2-4-11)7-15(19)18-13-5-6-14(18)9-12(17)8-13/h1-4,12-14H,5-9H2. The lowest BCUT2D eigenvalue weighted by molar-refractivity contribution is -0.135. The molecule has 1 aromatic carbocycles. The van der Waals surface area contributed by atoms with Crippen LogP contribution in [0.4, 0.5) is 4.39 Å². The molecule has 2 saturated heterocycles. The van der Waals surface area contributed by atoms with Crippen LogP contribution in [0, 0.1) is 0 Å². The van der Waals surface area contributed by atoms with Crippen LogP contribution in [0.15, 0.2) is 28.7 Å². The number of alkyl halides is 1. The number of hydrogen-bond donors (Lipinski definition) is 0. The zero-order valence-electron chi connectivity index (χ0n) is 10.7. The quantitative estimate of drug-likeness (QED) is 0.815. The van der Waals surface area contributed by atoms with E-state index in [2.05, 4.69) is 15.9 Å². The number of fused-ring (bicyclic) bond motifs is 2. The lowest BCUT2D eigenvalue weighted by Crippen LogP contribution is -2.47. The van der Waals surface area contributed by atoms with Crippen molar-refractivity contribution in [2.24, 2.45) is 0 Å². The van der Waals surface area contributed by atoms with E-state index < -0.39 is 6.17 Å². The van der Waals surface area contributed by atoms with E-state index in [0.29, 0.717) is 19.3 Å². The van der Waals surface area contributed by atoms with Crippen molar-refractivity contribution in [3.05, 3.63) is 34.3 Å². The third-order valence-electron chi connectivity index (χ3n) is 4.23. The Morgan fingerprint density at radius 1 is 1.21 bits per heavy atom. The summed E-state index contributed by atoms with van der Waals surface area (Å²) >= 11 is 3.39. The first-order valence-electron chi connectivity index (χ1n) is 6.83. The number of amides is 1. The Morgan fingerprint density at radius 3 is 2.37 bits per heavy atom. The van der Waals surface area contributed by atoms with Crippen molar-refractivity contribution in [3.8, 4) is 0 Å². The molecule has 0 aliphatic carbocycles. The van der Waals surface area contributed by atoms with E-state index in [0.717, 1.165) is 22.9 Å². The minimum absolute atomic E-state index is 0.136. The number of piperidine rings is 1. The number of halogens is 2. The van der Waals surface area contributed by atoms with Gasteiger partial charge in [0.1, 0.15) is 6.17 Å². The Labute approximate surface area is 121 Å². The molecule has 1 aromatic rings. The van der Waals surface area contributed by atoms with Gasteiger partial charge >= 0.3 is 0 Å². The summed E-state index contributed by atoms with van der Waals surface area (Å²) in [5, 5.41) is 0. The fourth-order valence-electron chi connectivity index (χ4n) is 3.39. The lowest BCUT2D eigenvalue weighted by Gasteiger charge is -2.36. The number of carbonyl (C=O) groups excluding carboxylic acids is 1. The summed E-state index contributed by atoms with van der Waals surface area (Å²) in [6.45, 7) is 0. The van der Waals surface area contributed by atoms with Gasteiger partial charge < -0.3 is 4.90 Å². The topological polar surface area (TPSA) is 20.3 Å². The fraction of sp³-hybridized carbons (Fsp3) is 0.533. The normalized spacial score (nSPS) is 29.6. The van der Waals surface area contributed by atoms with Gasteiger partial charge in [0.15, 0.2) is 0 Å². The Bertz CT molecular complexity index is 462. The Kier molecular flexibility index (Phi) is 3.61. The summed E-state index contributed by atoms with van der Waals surface area (Å²) in [4.78, 5) is 14.4. The van der Waals surface area contributed by atoms with Crippen LogP contribution >= 0.6 is 15.9 Å². The van der Waals surface area contributed by atoms with Gasteiger partial charge in [0.2, 0.25) is 5.91 Å². The van der Waals surface area contributed by atoms with Gasteiger partial charge in [-0.05, 0) is 43.4 Å². The van der Waals surface area contributed by atoms with Crippen LogP contribution in [0.3, 0.4) is 0 Å². The maximum Gasteiger partial charge on any atom is 0.227 e. The van der Waals surface area contributed by atoms with Gasteiger partial charge in [-0.3, -0.25) is 4.79 Å². The summed E-state index contributed by atoms with van der Waals surface area (Å²) in [6, 6.07) is 8.10. The van der Waals surface area contributed by atoms with Crippen molar-refractivity contribution in [2.45, 2.75) is 50.4 Å². The highest BCUT2D eigenvalue weighted by molar-refractivity contribution is 9.10. The number of rotatable bonds is 2. The van der Waals surface area contributed by atoms with Gasteiger partial charge in [0.25, 0.3) is 0 Å². The first kappa shape index (κ1) is 13.1. The van der Waals surface area contributed by atoms with E-state index in [9.17, 15) is 9.18 Å². The second kappa shape index (κ2) is 5.23. The smallest absolute Gasteiger partial charge is 0.227 e. The molecular weight excluding hydrogens is 309 g/mol. The molecule has 0 saturated carbocycles. The molecule has 1 amide bonds. The molecule has 102 valence electrons. The van der Waals surface area contributed by atoms with E-state index in [1.165, 1.54) is 0 Å². The average Bonchev–Trinajstić information content (AvgIpc) is 2.65. The van der Waals surface area contributed by atoms with E-state index in [-0.39, 0.29) is 18.0 Å². The SMILES string of the molecule is O=C(Cc1ccc(Br)cc1)N1C2CCC1CC(F)C2. The van der Waals surface area contributed by atoms with Crippen LogP contribution in [0.2, 0.25) is 0 Å². The maximum absolute atomic E-state index is 13.5. The van der Waals surface area contributed by atoms with Crippen molar-refractivity contribution in [1.29, 1.82) is 0 Å². The molecule has 2 fully saturated rings. The molecule has 0 radical (unpaired) electrons. The molecule has 4 heteroatoms. The first-order chi connectivity index (χ1) is 9.13. The van der Waals surface area contributed by atoms with E-state index in [4.69, 9.17) is 0 Å². The second-order valence-electron chi connectivity index (χ2n) is 5.56. The zero-order chi connectivity index (χ0) is 13.4. The molecule has 0 spiro atoms. The third-order valence-corrected chi connectivity index (χ3v) is 4.76. The summed E-state index contributed by atoms with van der Waals surface area (Å²) in [5.74, 6) is 0.154. The molecule has 0 aromatic heterocycles. The molecule has 2 aliphatic rings. The number of hydrogen-bond acceptors (Lipinski definition) is 1. The van der Waals surface area contributed by atoms with Crippen LogP contribution in [0.5, 0.6) is 0 Å². The fourth-order valence-corrected chi connectivity index (χ4v) is 3.65. The van der Waals surface area contributed by atoms with Gasteiger partial charge in [-0.25, -0.2) is 4.39 Å². The molecule has 2 bridgehead atoms. The van der Waals surface area contributed by atoms with E-state index in [1.54, 1.807) is 0 Å². The van der Waals surface area contributed by atoms with Crippen molar-refractivity contribution in [1.82, 2.24) is 4.90 Å². The predicted octanol–water partition coefficient (Wildman–Crippen LogP) is 3.48. The Balaban J connectivity index is 1.69. The highest BCUT2D eigenvalue weighted by Crippen LogP contribution is 2.37. The highest BCUT2D eigenvalue weighted by atomic mass is 79.9. The minimum Gasteiger partial charge on any atom is -0.336 e. The van der Waals surface area contributed by atoms with Crippen molar-refractivity contribution in [2.75, 3.05) is 0 Å². The van der Waals surface area contributed by atoms with E-state index >= 15 is 0 Å². The minimum atomic E-state index is -0.714. The second-order valence-corrected chi connectivity index (χ2v) is 6.47. The van der Waals surface area contributed by atoms with Crippen molar-refractivity contribution in [3.63, 3.8) is 0 Å². The molecule has 2 nitrogen and oxygen atoms in total. The van der Waals surface area contributed by atoms with Crippen molar-refractivity contribution < 1.29 is 9.18 Å². The van der Waals surface area contributed by atoms with Gasteiger partial charge in [-0.2, -0.15) is 0 Å². The molecule has 0 N–H and O–H groups in total. The summed E-state index contributed by atoms with van der Waals surface area (Å²) < 4.78 is 14.5. The Hall–Kier alpha value is -0.900. The van der Waals surface area contributed by atoms with Crippen LogP contribution in [0.1, 0.15) is 31.2 Å². The van der Waals surface area contributed by atoms with Crippen LogP contribution < -0.4 is 0 Å². The molecule has 2 aliphatic heterocycles. The van der Waals surface area contributed by atoms with Crippen molar-refractivity contribution >= 4 is 21.8 Å². The van der Waals surface area contributed by atoms with E-state index in [1.807, 2.05) is 29.2 Å². The summed E-state index contributed by atoms with van der Waals surface area (Å²) in [6.07, 6.45) is 2.71. The lowest BCUT2D eigenvalue weighted by atomic mass is 10.00. The van der Waals surface area contributed by atoms with Crippen LogP contribution in [-0.4, -0.2) is 29.1 Å². The van der Waals surface area contributed by atoms with Gasteiger partial charge in [-0.15, -0.1) is 0 Å². The molecule has 2 heterocycles. The number of carbonyl (C=O) groups is 1. The number of benzene rings is 1. The summed E-state index contributed by atoms with van der Waals surface area (Å²) in [5.41, 5.74) is 1.02. The largest absolute Gasteiger partial charge is 0.336 e. The van der Waals surface area contributed by atoms with Gasteiger partial charge in [0, 0.05) is 16.6 Å². The van der Waals surface area contributed by atoms with Gasteiger partial charge in [-0.1, -0.05) is 28.1 Å². The van der Waals surface area contributed by atoms with Crippen LogP contribution in [0.25, 0.3) is 0 Å². The van der Waals surface area contributed by atoms with Crippen LogP contribution in [-0.2, 0) is 11.2 Å². The maximum atomic E-state index is 13.5. The molecule has 2 atom stereocenters. The summed E-state index contributed by atoms with van der Waals surface area (Å²) in [7, 11) is 0. The highest BCUT2D eigenvalue weighted by Gasteiger charge is 2.42. The predicted molar refractivity (Wildman–Crippen MR) is 75.6 cm³/mol. The molecule has 3 rings (SSSR count).